The molecule has 0 aliphatic carbocycles. The lowest BCUT2D eigenvalue weighted by atomic mass is 9.96. The molecule has 1 aliphatic heterocycles. The first kappa shape index (κ1) is 24.3. The van der Waals surface area contributed by atoms with E-state index in [4.69, 9.17) is 18.9 Å². The van der Waals surface area contributed by atoms with Gasteiger partial charge in [-0.3, -0.25) is 0 Å². The average molecular weight is 444 g/mol. The Balaban J connectivity index is 1.57. The van der Waals surface area contributed by atoms with E-state index in [-0.39, 0.29) is 6.10 Å². The van der Waals surface area contributed by atoms with Crippen LogP contribution in [0.1, 0.15) is 54.9 Å². The molecule has 7 nitrogen and oxygen atoms in total. The van der Waals surface area contributed by atoms with Crippen molar-refractivity contribution in [2.24, 2.45) is 4.99 Å². The molecule has 1 saturated heterocycles. The van der Waals surface area contributed by atoms with Gasteiger partial charge in [-0.1, -0.05) is 24.3 Å². The molecule has 0 amide bonds. The van der Waals surface area contributed by atoms with Crippen LogP contribution in [0.3, 0.4) is 0 Å². The lowest BCUT2D eigenvalue weighted by molar-refractivity contribution is -0.0390. The number of benzene rings is 1. The summed E-state index contributed by atoms with van der Waals surface area (Å²) in [7, 11) is 0. The molecule has 0 saturated carbocycles. The van der Waals surface area contributed by atoms with E-state index in [1.54, 1.807) is 6.92 Å². The summed E-state index contributed by atoms with van der Waals surface area (Å²) in [5.74, 6) is 2.18. The number of nitrogens with one attached hydrogen (secondary N) is 2. The van der Waals surface area contributed by atoms with Gasteiger partial charge in [-0.2, -0.15) is 0 Å². The Kier molecular flexibility index (Phi) is 8.73. The van der Waals surface area contributed by atoms with E-state index in [0.29, 0.717) is 25.7 Å². The number of aliphatic imine (C=N–C) groups is 1. The van der Waals surface area contributed by atoms with E-state index in [1.807, 2.05) is 32.9 Å². The zero-order valence-corrected chi connectivity index (χ0v) is 19.7. The molecule has 1 aromatic carbocycles. The highest BCUT2D eigenvalue weighted by Crippen LogP contribution is 2.26. The Morgan fingerprint density at radius 2 is 1.94 bits per heavy atom. The molecule has 3 N–H and O–H groups in total. The summed E-state index contributed by atoms with van der Waals surface area (Å²) in [6.45, 7) is 11.3. The van der Waals surface area contributed by atoms with Crippen molar-refractivity contribution in [2.75, 3.05) is 26.3 Å². The fraction of sp³-hybridized carbons (Fsp3) is 0.560. The van der Waals surface area contributed by atoms with Crippen LogP contribution in [0.5, 0.6) is 0 Å². The maximum Gasteiger partial charge on any atom is 0.191 e. The molecule has 1 aliphatic rings. The maximum atomic E-state index is 11.0. The molecule has 0 spiro atoms. The molecular weight excluding hydrogens is 406 g/mol. The third kappa shape index (κ3) is 7.08. The number of aliphatic hydroxyl groups is 1. The van der Waals surface area contributed by atoms with E-state index in [9.17, 15) is 5.11 Å². The highest BCUT2D eigenvalue weighted by molar-refractivity contribution is 5.79. The number of furan rings is 1. The molecule has 0 bridgehead atoms. The molecule has 0 radical (unpaired) electrons. The number of rotatable bonds is 9. The minimum absolute atomic E-state index is 0.283. The predicted octanol–water partition coefficient (Wildman–Crippen LogP) is 3.55. The van der Waals surface area contributed by atoms with E-state index >= 15 is 0 Å². The van der Waals surface area contributed by atoms with Crippen molar-refractivity contribution >= 4 is 5.96 Å². The molecule has 32 heavy (non-hydrogen) atoms. The second kappa shape index (κ2) is 11.5. The summed E-state index contributed by atoms with van der Waals surface area (Å²) in [4.78, 5) is 4.70. The minimum Gasteiger partial charge on any atom is -0.466 e. The summed E-state index contributed by atoms with van der Waals surface area (Å²) >= 11 is 0. The van der Waals surface area contributed by atoms with Crippen LogP contribution < -0.4 is 10.6 Å². The summed E-state index contributed by atoms with van der Waals surface area (Å²) in [6.07, 6.45) is 2.21. The minimum atomic E-state index is -1.07. The molecule has 7 heteroatoms. The Bertz CT molecular complexity index is 885. The summed E-state index contributed by atoms with van der Waals surface area (Å²) in [5, 5.41) is 17.5. The Morgan fingerprint density at radius 3 is 2.62 bits per heavy atom. The number of aryl methyl sites for hydroxylation is 2. The molecule has 2 heterocycles. The molecule has 1 aromatic heterocycles. The topological polar surface area (TPSA) is 88.3 Å². The average Bonchev–Trinajstić information content (AvgIpc) is 3.14. The number of guanidine groups is 1. The van der Waals surface area contributed by atoms with Gasteiger partial charge in [-0.25, -0.2) is 4.99 Å². The maximum absolute atomic E-state index is 11.0. The zero-order chi connectivity index (χ0) is 23.0. The van der Waals surface area contributed by atoms with Gasteiger partial charge < -0.3 is 29.6 Å². The van der Waals surface area contributed by atoms with E-state index < -0.39 is 5.60 Å². The van der Waals surface area contributed by atoms with Gasteiger partial charge in [-0.15, -0.1) is 0 Å². The predicted molar refractivity (Wildman–Crippen MR) is 126 cm³/mol. The van der Waals surface area contributed by atoms with Crippen LogP contribution in [-0.4, -0.2) is 43.5 Å². The van der Waals surface area contributed by atoms with Crippen molar-refractivity contribution in [3.63, 3.8) is 0 Å². The number of nitrogens with zero attached hydrogens (tertiary/aromatic N) is 1. The van der Waals surface area contributed by atoms with Gasteiger partial charge >= 0.3 is 0 Å². The Morgan fingerprint density at radius 1 is 1.19 bits per heavy atom. The third-order valence-electron chi connectivity index (χ3n) is 5.63. The second-order valence-corrected chi connectivity index (χ2v) is 8.59. The van der Waals surface area contributed by atoms with Gasteiger partial charge in [0.2, 0.25) is 0 Å². The van der Waals surface area contributed by atoms with Crippen molar-refractivity contribution in [3.05, 3.63) is 58.5 Å². The molecule has 1 unspecified atom stereocenters. The van der Waals surface area contributed by atoms with Gasteiger partial charge in [0.1, 0.15) is 17.1 Å². The standard InChI is InChI=1S/C25H37N3O4/c1-5-26-24(28-17-25(4,29)23-13-18(2)32-19(23)3)27-15-20-7-6-8-21(14-20)16-31-22-9-11-30-12-10-22/h6-8,13-14,22,29H,5,9-12,15-17H2,1-4H3,(H2,26,27,28). The lowest BCUT2D eigenvalue weighted by Gasteiger charge is -2.24. The fourth-order valence-corrected chi connectivity index (χ4v) is 3.90. The van der Waals surface area contributed by atoms with Gasteiger partial charge in [0.15, 0.2) is 5.96 Å². The van der Waals surface area contributed by atoms with Crippen LogP contribution in [0.15, 0.2) is 39.7 Å². The van der Waals surface area contributed by atoms with Gasteiger partial charge in [0, 0.05) is 25.3 Å². The summed E-state index contributed by atoms with van der Waals surface area (Å²) < 4.78 is 17.0. The Hall–Kier alpha value is -2.35. The first-order valence-corrected chi connectivity index (χ1v) is 11.5. The highest BCUT2D eigenvalue weighted by atomic mass is 16.5. The molecule has 3 rings (SSSR count). The largest absolute Gasteiger partial charge is 0.466 e. The molecular formula is C25H37N3O4. The van der Waals surface area contributed by atoms with Gasteiger partial charge in [-0.05, 0) is 57.7 Å². The fourth-order valence-electron chi connectivity index (χ4n) is 3.90. The van der Waals surface area contributed by atoms with Crippen LogP contribution in [-0.2, 0) is 28.2 Å². The number of hydrogen-bond donors (Lipinski definition) is 3. The van der Waals surface area contributed by atoms with Crippen LogP contribution in [0.2, 0.25) is 0 Å². The molecule has 176 valence electrons. The molecule has 1 fully saturated rings. The van der Waals surface area contributed by atoms with Crippen molar-refractivity contribution < 1.29 is 19.0 Å². The third-order valence-corrected chi connectivity index (χ3v) is 5.63. The normalized spacial score (nSPS) is 17.2. The van der Waals surface area contributed by atoms with Crippen LogP contribution >= 0.6 is 0 Å². The van der Waals surface area contributed by atoms with Crippen LogP contribution in [0, 0.1) is 13.8 Å². The van der Waals surface area contributed by atoms with E-state index in [0.717, 1.165) is 60.8 Å². The van der Waals surface area contributed by atoms with Crippen molar-refractivity contribution in [1.82, 2.24) is 10.6 Å². The first-order chi connectivity index (χ1) is 15.4. The lowest BCUT2D eigenvalue weighted by Crippen LogP contribution is -2.44. The number of hydrogen-bond acceptors (Lipinski definition) is 5. The second-order valence-electron chi connectivity index (χ2n) is 8.59. The van der Waals surface area contributed by atoms with Gasteiger partial charge in [0.05, 0.1) is 25.8 Å². The quantitative estimate of drug-likeness (QED) is 0.406. The van der Waals surface area contributed by atoms with Crippen molar-refractivity contribution in [1.29, 1.82) is 0 Å². The Labute approximate surface area is 191 Å². The highest BCUT2D eigenvalue weighted by Gasteiger charge is 2.27. The van der Waals surface area contributed by atoms with Crippen molar-refractivity contribution in [3.8, 4) is 0 Å². The summed E-state index contributed by atoms with van der Waals surface area (Å²) in [5.41, 5.74) is 1.98. The summed E-state index contributed by atoms with van der Waals surface area (Å²) in [6, 6.07) is 10.2. The monoisotopic (exact) mass is 443 g/mol. The SMILES string of the molecule is CCNC(=NCc1cccc(COC2CCOCC2)c1)NCC(C)(O)c1cc(C)oc1C. The first-order valence-electron chi connectivity index (χ1n) is 11.5. The van der Waals surface area contributed by atoms with Crippen LogP contribution in [0.25, 0.3) is 0 Å². The molecule has 2 aromatic rings. The van der Waals surface area contributed by atoms with E-state index in [1.165, 1.54) is 0 Å². The number of ether oxygens (including phenoxy) is 2. The van der Waals surface area contributed by atoms with Crippen LogP contribution in [0.4, 0.5) is 0 Å². The van der Waals surface area contributed by atoms with E-state index in [2.05, 4.69) is 28.8 Å². The smallest absolute Gasteiger partial charge is 0.191 e. The van der Waals surface area contributed by atoms with Gasteiger partial charge in [0.25, 0.3) is 0 Å². The zero-order valence-electron chi connectivity index (χ0n) is 19.7. The molecule has 1 atom stereocenters. The van der Waals surface area contributed by atoms with Crippen molar-refractivity contribution in [2.45, 2.75) is 65.4 Å².